The molecule has 0 aliphatic heterocycles. The highest BCUT2D eigenvalue weighted by atomic mass is 35.5. The summed E-state index contributed by atoms with van der Waals surface area (Å²) < 4.78 is 13.9. The van der Waals surface area contributed by atoms with Crippen LogP contribution in [0.4, 0.5) is 10.1 Å². The molecule has 3 aromatic rings. The van der Waals surface area contributed by atoms with Crippen molar-refractivity contribution in [2.75, 3.05) is 5.32 Å². The second-order valence-corrected chi connectivity index (χ2v) is 5.85. The van der Waals surface area contributed by atoms with Crippen LogP contribution in [0.15, 0.2) is 71.7 Å². The summed E-state index contributed by atoms with van der Waals surface area (Å²) in [7, 11) is 0. The Morgan fingerprint density at radius 2 is 1.88 bits per heavy atom. The number of anilines is 1. The van der Waals surface area contributed by atoms with Gasteiger partial charge in [-0.1, -0.05) is 29.8 Å². The number of benzene rings is 2. The van der Waals surface area contributed by atoms with E-state index in [0.717, 1.165) is 4.73 Å². The topological polar surface area (TPSA) is 60.3 Å². The first-order valence-electron chi connectivity index (χ1n) is 7.69. The van der Waals surface area contributed by atoms with E-state index in [1.54, 1.807) is 36.4 Å². The summed E-state index contributed by atoms with van der Waals surface area (Å²) >= 11 is 5.88. The second-order valence-electron chi connectivity index (χ2n) is 5.42. The van der Waals surface area contributed by atoms with Crippen molar-refractivity contribution in [3.63, 3.8) is 0 Å². The van der Waals surface area contributed by atoms with E-state index >= 15 is 0 Å². The Hall–Kier alpha value is -3.12. The van der Waals surface area contributed by atoms with E-state index in [-0.39, 0.29) is 18.0 Å². The van der Waals surface area contributed by atoms with E-state index in [1.807, 2.05) is 0 Å². The second kappa shape index (κ2) is 7.84. The van der Waals surface area contributed by atoms with Gasteiger partial charge in [0.25, 0.3) is 11.5 Å². The largest absolute Gasteiger partial charge is 0.406 e. The molecule has 1 N–H and O–H groups in total. The molecule has 132 valence electrons. The Morgan fingerprint density at radius 1 is 1.12 bits per heavy atom. The van der Waals surface area contributed by atoms with Gasteiger partial charge in [-0.25, -0.2) is 4.39 Å². The van der Waals surface area contributed by atoms with Crippen LogP contribution in [0.3, 0.4) is 0 Å². The smallest absolute Gasteiger partial charge is 0.295 e. The van der Waals surface area contributed by atoms with E-state index in [2.05, 4.69) is 5.32 Å². The molecule has 0 unspecified atom stereocenters. The number of amides is 1. The molecular weight excluding hydrogens is 359 g/mol. The maximum atomic E-state index is 12.9. The number of halogens is 2. The van der Waals surface area contributed by atoms with Crippen LogP contribution in [-0.4, -0.2) is 10.6 Å². The van der Waals surface area contributed by atoms with E-state index in [1.165, 1.54) is 30.5 Å². The molecule has 0 spiro atoms. The number of nitrogens with one attached hydrogen (secondary N) is 1. The van der Waals surface area contributed by atoms with Gasteiger partial charge < -0.3 is 10.2 Å². The van der Waals surface area contributed by atoms with Crippen molar-refractivity contribution in [3.05, 3.63) is 99.2 Å². The van der Waals surface area contributed by atoms with Gasteiger partial charge in [0.15, 0.2) is 0 Å². The van der Waals surface area contributed by atoms with Crippen molar-refractivity contribution < 1.29 is 14.0 Å². The first kappa shape index (κ1) is 17.7. The third-order valence-electron chi connectivity index (χ3n) is 3.53. The molecule has 0 aliphatic rings. The Kier molecular flexibility index (Phi) is 5.34. The molecule has 26 heavy (non-hydrogen) atoms. The Balaban J connectivity index is 1.75. The van der Waals surface area contributed by atoms with E-state index in [0.29, 0.717) is 16.3 Å². The van der Waals surface area contributed by atoms with Crippen LogP contribution in [0.5, 0.6) is 0 Å². The molecule has 0 bridgehead atoms. The number of nitrogens with zero attached hydrogens (tertiary/aromatic N) is 1. The number of carbonyl (C=O) groups excluding carboxylic acids is 1. The van der Waals surface area contributed by atoms with Crippen LogP contribution in [0.25, 0.3) is 0 Å². The highest BCUT2D eigenvalue weighted by Gasteiger charge is 2.13. The SMILES string of the molecule is O=C(Nc1cccc(Cl)c1)c1cccn(OCc2ccc(F)cc2)c1=O. The zero-order valence-corrected chi connectivity index (χ0v) is 14.2. The molecule has 0 saturated heterocycles. The Labute approximate surface area is 153 Å². The van der Waals surface area contributed by atoms with Gasteiger partial charge in [0.05, 0.1) is 0 Å². The zero-order valence-electron chi connectivity index (χ0n) is 13.5. The summed E-state index contributed by atoms with van der Waals surface area (Å²) in [6, 6.07) is 15.2. The fourth-order valence-corrected chi connectivity index (χ4v) is 2.43. The normalized spacial score (nSPS) is 10.4. The van der Waals surface area contributed by atoms with E-state index in [4.69, 9.17) is 16.4 Å². The van der Waals surface area contributed by atoms with Crippen LogP contribution in [0.1, 0.15) is 15.9 Å². The summed E-state index contributed by atoms with van der Waals surface area (Å²) in [5.74, 6) is -0.928. The maximum absolute atomic E-state index is 12.9. The molecule has 0 fully saturated rings. The lowest BCUT2D eigenvalue weighted by molar-refractivity contribution is 0.0863. The molecule has 5 nitrogen and oxygen atoms in total. The van der Waals surface area contributed by atoms with Crippen molar-refractivity contribution in [1.29, 1.82) is 0 Å². The number of aromatic nitrogens is 1. The predicted octanol–water partition coefficient (Wildman–Crippen LogP) is 3.52. The fraction of sp³-hybridized carbons (Fsp3) is 0.0526. The molecule has 7 heteroatoms. The van der Waals surface area contributed by atoms with Gasteiger partial charge in [-0.2, -0.15) is 4.73 Å². The maximum Gasteiger partial charge on any atom is 0.295 e. The molecule has 1 amide bonds. The molecule has 1 aromatic heterocycles. The summed E-state index contributed by atoms with van der Waals surface area (Å²) in [5, 5.41) is 3.08. The molecular formula is C19H14ClFN2O3. The van der Waals surface area contributed by atoms with Crippen molar-refractivity contribution >= 4 is 23.2 Å². The lowest BCUT2D eigenvalue weighted by Crippen LogP contribution is -2.32. The lowest BCUT2D eigenvalue weighted by Gasteiger charge is -2.10. The van der Waals surface area contributed by atoms with Gasteiger partial charge in [0.1, 0.15) is 18.0 Å². The van der Waals surface area contributed by atoms with Crippen LogP contribution in [0, 0.1) is 5.82 Å². The summed E-state index contributed by atoms with van der Waals surface area (Å²) in [6.45, 7) is 0.0551. The van der Waals surface area contributed by atoms with Gasteiger partial charge in [0, 0.05) is 16.9 Å². The Morgan fingerprint density at radius 3 is 2.62 bits per heavy atom. The fourth-order valence-electron chi connectivity index (χ4n) is 2.24. The zero-order chi connectivity index (χ0) is 18.5. The van der Waals surface area contributed by atoms with Gasteiger partial charge in [-0.05, 0) is 48.0 Å². The van der Waals surface area contributed by atoms with Gasteiger partial charge >= 0.3 is 0 Å². The van der Waals surface area contributed by atoms with E-state index in [9.17, 15) is 14.0 Å². The molecule has 0 atom stereocenters. The third-order valence-corrected chi connectivity index (χ3v) is 3.76. The van der Waals surface area contributed by atoms with Crippen LogP contribution in [-0.2, 0) is 6.61 Å². The number of carbonyl (C=O) groups is 1. The van der Waals surface area contributed by atoms with Crippen molar-refractivity contribution in [2.45, 2.75) is 6.61 Å². The molecule has 0 radical (unpaired) electrons. The molecule has 2 aromatic carbocycles. The van der Waals surface area contributed by atoms with Crippen molar-refractivity contribution in [2.24, 2.45) is 0 Å². The molecule has 3 rings (SSSR count). The quantitative estimate of drug-likeness (QED) is 0.745. The summed E-state index contributed by atoms with van der Waals surface area (Å²) in [5.41, 5.74) is 0.484. The lowest BCUT2D eigenvalue weighted by atomic mass is 10.2. The third kappa shape index (κ3) is 4.29. The highest BCUT2D eigenvalue weighted by Crippen LogP contribution is 2.15. The Bertz CT molecular complexity index is 987. The first-order chi connectivity index (χ1) is 12.5. The molecule has 1 heterocycles. The van der Waals surface area contributed by atoms with Crippen LogP contribution < -0.4 is 15.7 Å². The van der Waals surface area contributed by atoms with Crippen LogP contribution >= 0.6 is 11.6 Å². The summed E-state index contributed by atoms with van der Waals surface area (Å²) in [4.78, 5) is 30.2. The first-order valence-corrected chi connectivity index (χ1v) is 8.07. The van der Waals surface area contributed by atoms with E-state index < -0.39 is 11.5 Å². The number of rotatable bonds is 5. The van der Waals surface area contributed by atoms with Crippen LogP contribution in [0.2, 0.25) is 5.02 Å². The average molecular weight is 373 g/mol. The minimum absolute atomic E-state index is 0.0551. The highest BCUT2D eigenvalue weighted by molar-refractivity contribution is 6.30. The minimum atomic E-state index is -0.603. The monoisotopic (exact) mass is 372 g/mol. The van der Waals surface area contributed by atoms with Crippen molar-refractivity contribution in [1.82, 2.24) is 4.73 Å². The van der Waals surface area contributed by atoms with Gasteiger partial charge in [0.2, 0.25) is 0 Å². The number of hydrogen-bond acceptors (Lipinski definition) is 3. The van der Waals surface area contributed by atoms with Gasteiger partial charge in [-0.3, -0.25) is 9.59 Å². The number of hydrogen-bond donors (Lipinski definition) is 1. The molecule has 0 saturated carbocycles. The standard InChI is InChI=1S/C19H14ClFN2O3/c20-14-3-1-4-16(11-14)22-18(24)17-5-2-10-23(19(17)25)26-12-13-6-8-15(21)9-7-13/h1-11H,12H2,(H,22,24). The number of pyridine rings is 1. The summed E-state index contributed by atoms with van der Waals surface area (Å²) in [6.07, 6.45) is 1.40. The average Bonchev–Trinajstić information content (AvgIpc) is 2.62. The van der Waals surface area contributed by atoms with Gasteiger partial charge in [-0.15, -0.1) is 0 Å². The molecule has 0 aliphatic carbocycles. The minimum Gasteiger partial charge on any atom is -0.406 e. The van der Waals surface area contributed by atoms with Crippen molar-refractivity contribution in [3.8, 4) is 0 Å². The predicted molar refractivity (Wildman–Crippen MR) is 96.8 cm³/mol.